The Labute approximate surface area is 133 Å². The van der Waals surface area contributed by atoms with Gasteiger partial charge in [0.15, 0.2) is 11.6 Å². The Balaban J connectivity index is 2.12. The number of Topliss-reactive ketones (excluding diaryl/α,β-unsaturated/α-hetero) is 1. The summed E-state index contributed by atoms with van der Waals surface area (Å²) in [5, 5.41) is 0.479. The van der Waals surface area contributed by atoms with Crippen molar-refractivity contribution in [3.8, 4) is 5.75 Å². The number of hydrazine groups is 1. The third kappa shape index (κ3) is 4.23. The smallest absolute Gasteiger partial charge is 0.196 e. The van der Waals surface area contributed by atoms with E-state index in [0.717, 1.165) is 11.4 Å². The van der Waals surface area contributed by atoms with Gasteiger partial charge in [-0.1, -0.05) is 23.7 Å². The minimum atomic E-state index is -0.207. The van der Waals surface area contributed by atoms with Crippen molar-refractivity contribution in [3.05, 3.63) is 53.6 Å². The number of benzene rings is 2. The number of nitrogens with one attached hydrogen (secondary N) is 2. The average molecular weight is 318 g/mol. The minimum absolute atomic E-state index is 0.170. The minimum Gasteiger partial charge on any atom is -0.497 e. The molecule has 114 valence electrons. The molecule has 0 aliphatic rings. The summed E-state index contributed by atoms with van der Waals surface area (Å²) < 4.78 is 5.08. The van der Waals surface area contributed by atoms with Crippen molar-refractivity contribution in [2.45, 2.75) is 6.92 Å². The van der Waals surface area contributed by atoms with Crippen LogP contribution in [0.25, 0.3) is 0 Å². The zero-order valence-electron chi connectivity index (χ0n) is 12.3. The maximum Gasteiger partial charge on any atom is 0.196 e. The van der Waals surface area contributed by atoms with E-state index in [1.54, 1.807) is 31.4 Å². The molecule has 0 bridgehead atoms. The molecular weight excluding hydrogens is 302 g/mol. The van der Waals surface area contributed by atoms with Gasteiger partial charge < -0.3 is 4.74 Å². The van der Waals surface area contributed by atoms with Crippen LogP contribution in [0, 0.1) is 0 Å². The molecule has 2 N–H and O–H groups in total. The van der Waals surface area contributed by atoms with Gasteiger partial charge in [0.2, 0.25) is 0 Å². The van der Waals surface area contributed by atoms with Gasteiger partial charge in [-0.25, -0.2) is 4.99 Å². The molecule has 2 aromatic rings. The summed E-state index contributed by atoms with van der Waals surface area (Å²) in [7, 11) is 1.60. The van der Waals surface area contributed by atoms with Crippen molar-refractivity contribution in [3.63, 3.8) is 0 Å². The number of carbonyl (C=O) groups excluding carboxylic acids is 1. The van der Waals surface area contributed by atoms with Gasteiger partial charge in [0.1, 0.15) is 5.75 Å². The Morgan fingerprint density at radius 3 is 2.41 bits per heavy atom. The summed E-state index contributed by atoms with van der Waals surface area (Å²) in [6.07, 6.45) is 0. The Kier molecular flexibility index (Phi) is 5.38. The first-order valence-electron chi connectivity index (χ1n) is 6.60. The molecule has 0 fully saturated rings. The molecule has 22 heavy (non-hydrogen) atoms. The molecule has 0 heterocycles. The van der Waals surface area contributed by atoms with Crippen molar-refractivity contribution < 1.29 is 9.53 Å². The highest BCUT2D eigenvalue weighted by atomic mass is 35.5. The molecule has 0 spiro atoms. The van der Waals surface area contributed by atoms with Crippen LogP contribution >= 0.6 is 11.6 Å². The van der Waals surface area contributed by atoms with E-state index in [-0.39, 0.29) is 11.6 Å². The SMILES string of the molecule is COc1ccc(NNC(=Nc2ccccc2Cl)C(C)=O)cc1. The van der Waals surface area contributed by atoms with E-state index in [1.165, 1.54) is 6.92 Å². The van der Waals surface area contributed by atoms with Gasteiger partial charge in [-0.2, -0.15) is 0 Å². The molecule has 0 saturated heterocycles. The third-order valence-electron chi connectivity index (χ3n) is 2.83. The molecule has 0 aliphatic heterocycles. The van der Waals surface area contributed by atoms with Crippen LogP contribution in [-0.4, -0.2) is 18.7 Å². The maximum absolute atomic E-state index is 11.7. The number of aliphatic imine (C=N–C) groups is 1. The van der Waals surface area contributed by atoms with Crippen LogP contribution in [0.5, 0.6) is 5.75 Å². The van der Waals surface area contributed by atoms with Gasteiger partial charge in [-0.3, -0.25) is 15.6 Å². The summed E-state index contributed by atoms with van der Waals surface area (Å²) in [5.74, 6) is 0.715. The number of carbonyl (C=O) groups is 1. The van der Waals surface area contributed by atoms with Crippen LogP contribution < -0.4 is 15.6 Å². The number of hydrogen-bond donors (Lipinski definition) is 2. The second-order valence-electron chi connectivity index (χ2n) is 4.45. The first-order valence-corrected chi connectivity index (χ1v) is 6.98. The predicted octanol–water partition coefficient (Wildman–Crippen LogP) is 3.58. The molecule has 6 heteroatoms. The molecule has 2 rings (SSSR count). The van der Waals surface area contributed by atoms with Crippen LogP contribution in [0.3, 0.4) is 0 Å². The number of para-hydroxylation sites is 1. The average Bonchev–Trinajstić information content (AvgIpc) is 2.53. The number of nitrogens with zero attached hydrogens (tertiary/aromatic N) is 1. The normalized spacial score (nSPS) is 11.0. The summed E-state index contributed by atoms with van der Waals surface area (Å²) in [6, 6.07) is 14.3. The quantitative estimate of drug-likeness (QED) is 0.502. The van der Waals surface area contributed by atoms with Crippen LogP contribution in [-0.2, 0) is 4.79 Å². The molecule has 0 aromatic heterocycles. The van der Waals surface area contributed by atoms with Gasteiger partial charge in [0.05, 0.1) is 23.5 Å². The third-order valence-corrected chi connectivity index (χ3v) is 3.15. The number of ketones is 1. The highest BCUT2D eigenvalue weighted by molar-refractivity contribution is 6.39. The number of anilines is 1. The Morgan fingerprint density at radius 1 is 1.14 bits per heavy atom. The summed E-state index contributed by atoms with van der Waals surface area (Å²) >= 11 is 6.04. The topological polar surface area (TPSA) is 62.7 Å². The lowest BCUT2D eigenvalue weighted by atomic mass is 10.3. The van der Waals surface area contributed by atoms with E-state index in [9.17, 15) is 4.79 Å². The first kappa shape index (κ1) is 15.9. The Hall–Kier alpha value is -2.53. The second kappa shape index (κ2) is 7.47. The first-order chi connectivity index (χ1) is 10.6. The second-order valence-corrected chi connectivity index (χ2v) is 4.85. The van der Waals surface area contributed by atoms with Crippen molar-refractivity contribution >= 4 is 34.6 Å². The van der Waals surface area contributed by atoms with E-state index in [0.29, 0.717) is 10.7 Å². The summed E-state index contributed by atoms with van der Waals surface area (Å²) in [6.45, 7) is 1.43. The van der Waals surface area contributed by atoms with E-state index < -0.39 is 0 Å². The molecule has 0 unspecified atom stereocenters. The zero-order valence-corrected chi connectivity index (χ0v) is 13.0. The molecule has 0 saturated carbocycles. The van der Waals surface area contributed by atoms with E-state index >= 15 is 0 Å². The number of halogens is 1. The van der Waals surface area contributed by atoms with Gasteiger partial charge in [-0.05, 0) is 36.4 Å². The fourth-order valence-electron chi connectivity index (χ4n) is 1.66. The number of ether oxygens (including phenoxy) is 1. The van der Waals surface area contributed by atoms with Crippen molar-refractivity contribution in [2.24, 2.45) is 4.99 Å². The summed E-state index contributed by atoms with van der Waals surface area (Å²) in [4.78, 5) is 15.9. The monoisotopic (exact) mass is 317 g/mol. The number of methoxy groups -OCH3 is 1. The standard InChI is InChI=1S/C16H16ClN3O2/c1-11(21)16(18-15-6-4-3-5-14(15)17)20-19-12-7-9-13(22-2)10-8-12/h3-10,19H,1-2H3,(H,18,20). The highest BCUT2D eigenvalue weighted by Crippen LogP contribution is 2.23. The molecular formula is C16H16ClN3O2. The molecule has 5 nitrogen and oxygen atoms in total. The number of hydrogen-bond acceptors (Lipinski definition) is 4. The number of amidine groups is 1. The lowest BCUT2D eigenvalue weighted by Crippen LogP contribution is -2.34. The lowest BCUT2D eigenvalue weighted by molar-refractivity contribution is -0.111. The van der Waals surface area contributed by atoms with Gasteiger partial charge in [0, 0.05) is 6.92 Å². The molecule has 0 aliphatic carbocycles. The van der Waals surface area contributed by atoms with E-state index in [2.05, 4.69) is 15.8 Å². The molecule has 0 amide bonds. The van der Waals surface area contributed by atoms with Gasteiger partial charge in [0.25, 0.3) is 0 Å². The van der Waals surface area contributed by atoms with Gasteiger partial charge in [-0.15, -0.1) is 0 Å². The zero-order chi connectivity index (χ0) is 15.9. The van der Waals surface area contributed by atoms with Crippen LogP contribution in [0.1, 0.15) is 6.92 Å². The van der Waals surface area contributed by atoms with Crippen molar-refractivity contribution in [1.82, 2.24) is 5.43 Å². The Bertz CT molecular complexity index is 684. The van der Waals surface area contributed by atoms with E-state index in [1.807, 2.05) is 24.3 Å². The number of rotatable bonds is 5. The predicted molar refractivity (Wildman–Crippen MR) is 89.0 cm³/mol. The van der Waals surface area contributed by atoms with E-state index in [4.69, 9.17) is 16.3 Å². The fraction of sp³-hybridized carbons (Fsp3) is 0.125. The van der Waals surface area contributed by atoms with Crippen molar-refractivity contribution in [2.75, 3.05) is 12.5 Å². The fourth-order valence-corrected chi connectivity index (χ4v) is 1.84. The van der Waals surface area contributed by atoms with Crippen LogP contribution in [0.2, 0.25) is 5.02 Å². The molecule has 0 atom stereocenters. The lowest BCUT2D eigenvalue weighted by Gasteiger charge is -2.11. The summed E-state index contributed by atoms with van der Waals surface area (Å²) in [5.41, 5.74) is 7.01. The largest absolute Gasteiger partial charge is 0.497 e. The van der Waals surface area contributed by atoms with Crippen LogP contribution in [0.4, 0.5) is 11.4 Å². The maximum atomic E-state index is 11.7. The van der Waals surface area contributed by atoms with Crippen LogP contribution in [0.15, 0.2) is 53.5 Å². The molecule has 0 radical (unpaired) electrons. The van der Waals surface area contributed by atoms with Gasteiger partial charge >= 0.3 is 0 Å². The van der Waals surface area contributed by atoms with Crippen molar-refractivity contribution in [1.29, 1.82) is 0 Å². The Morgan fingerprint density at radius 2 is 1.82 bits per heavy atom. The molecule has 2 aromatic carbocycles. The highest BCUT2D eigenvalue weighted by Gasteiger charge is 2.07.